The summed E-state index contributed by atoms with van der Waals surface area (Å²) >= 11 is 0. The van der Waals surface area contributed by atoms with Crippen LogP contribution in [-0.2, 0) is 22.3 Å². The minimum atomic E-state index is -0.429. The van der Waals surface area contributed by atoms with Gasteiger partial charge in [0.15, 0.2) is 5.79 Å². The van der Waals surface area contributed by atoms with Gasteiger partial charge in [-0.3, -0.25) is 0 Å². The van der Waals surface area contributed by atoms with Crippen LogP contribution in [0.15, 0.2) is 18.2 Å². The fourth-order valence-electron chi connectivity index (χ4n) is 3.31. The minimum Gasteiger partial charge on any atom is -0.348 e. The number of hydrogen-bond donors (Lipinski definition) is 1. The second kappa shape index (κ2) is 6.07. The molecule has 3 heteroatoms. The maximum absolute atomic E-state index is 5.84. The summed E-state index contributed by atoms with van der Waals surface area (Å²) in [6.07, 6.45) is 5.32. The predicted octanol–water partition coefficient (Wildman–Crippen LogP) is 3.37. The van der Waals surface area contributed by atoms with Crippen molar-refractivity contribution in [3.8, 4) is 0 Å². The number of hydrogen-bond acceptors (Lipinski definition) is 3. The van der Waals surface area contributed by atoms with E-state index < -0.39 is 5.79 Å². The zero-order valence-corrected chi connectivity index (χ0v) is 13.4. The molecule has 2 unspecified atom stereocenters. The Hall–Kier alpha value is -0.900. The zero-order chi connectivity index (χ0) is 14.9. The molecule has 1 fully saturated rings. The number of fused-ring (bicyclic) bond motifs is 1. The topological polar surface area (TPSA) is 30.5 Å². The summed E-state index contributed by atoms with van der Waals surface area (Å²) in [4.78, 5) is 0. The van der Waals surface area contributed by atoms with Gasteiger partial charge in [-0.1, -0.05) is 18.2 Å². The number of rotatable bonds is 4. The molecule has 1 aliphatic heterocycles. The predicted molar refractivity (Wildman–Crippen MR) is 84.4 cm³/mol. The van der Waals surface area contributed by atoms with Crippen molar-refractivity contribution < 1.29 is 9.47 Å². The standard InChI is InChI=1S/C18H27NO2/c1-13(19-11-17-12-20-18(2,3)21-17)15-9-8-14-6-4-5-7-16(14)10-15/h8-10,13,17,19H,4-7,11-12H2,1-3H3. The lowest BCUT2D eigenvalue weighted by Gasteiger charge is -2.21. The summed E-state index contributed by atoms with van der Waals surface area (Å²) in [6.45, 7) is 7.68. The molecule has 1 saturated heterocycles. The SMILES string of the molecule is CC(NCC1COC(C)(C)O1)c1ccc2c(c1)CCCC2. The van der Waals surface area contributed by atoms with Crippen molar-refractivity contribution in [2.45, 2.75) is 64.4 Å². The van der Waals surface area contributed by atoms with Crippen LogP contribution in [0.25, 0.3) is 0 Å². The van der Waals surface area contributed by atoms with Gasteiger partial charge in [-0.15, -0.1) is 0 Å². The maximum Gasteiger partial charge on any atom is 0.163 e. The monoisotopic (exact) mass is 289 g/mol. The minimum absolute atomic E-state index is 0.153. The van der Waals surface area contributed by atoms with Crippen LogP contribution < -0.4 is 5.32 Å². The first-order valence-electron chi connectivity index (χ1n) is 8.20. The largest absolute Gasteiger partial charge is 0.348 e. The van der Waals surface area contributed by atoms with Crippen molar-refractivity contribution in [3.05, 3.63) is 34.9 Å². The quantitative estimate of drug-likeness (QED) is 0.922. The van der Waals surface area contributed by atoms with E-state index in [1.54, 1.807) is 11.1 Å². The molecule has 116 valence electrons. The fraction of sp³-hybridized carbons (Fsp3) is 0.667. The van der Waals surface area contributed by atoms with Gasteiger partial charge in [-0.25, -0.2) is 0 Å². The molecule has 1 heterocycles. The Morgan fingerprint density at radius 1 is 1.24 bits per heavy atom. The smallest absolute Gasteiger partial charge is 0.163 e. The Kier molecular flexibility index (Phi) is 4.34. The Bertz CT molecular complexity index is 498. The van der Waals surface area contributed by atoms with Gasteiger partial charge in [0.2, 0.25) is 0 Å². The van der Waals surface area contributed by atoms with Gasteiger partial charge in [0.05, 0.1) is 12.7 Å². The van der Waals surface area contributed by atoms with Crippen molar-refractivity contribution in [2.24, 2.45) is 0 Å². The van der Waals surface area contributed by atoms with E-state index in [0.717, 1.165) is 6.54 Å². The second-order valence-electron chi connectivity index (χ2n) is 6.82. The molecule has 2 atom stereocenters. The van der Waals surface area contributed by atoms with E-state index in [2.05, 4.69) is 30.4 Å². The van der Waals surface area contributed by atoms with Gasteiger partial charge in [0.1, 0.15) is 0 Å². The first-order chi connectivity index (χ1) is 10.0. The van der Waals surface area contributed by atoms with Crippen molar-refractivity contribution in [3.63, 3.8) is 0 Å². The average molecular weight is 289 g/mol. The molecule has 2 aliphatic rings. The summed E-state index contributed by atoms with van der Waals surface area (Å²) in [5.74, 6) is -0.429. The molecule has 1 aromatic carbocycles. The van der Waals surface area contributed by atoms with Gasteiger partial charge in [0, 0.05) is 12.6 Å². The highest BCUT2D eigenvalue weighted by Gasteiger charge is 2.32. The van der Waals surface area contributed by atoms with Gasteiger partial charge in [-0.05, 0) is 63.1 Å². The third kappa shape index (κ3) is 3.65. The second-order valence-corrected chi connectivity index (χ2v) is 6.82. The molecule has 0 bridgehead atoms. The fourth-order valence-corrected chi connectivity index (χ4v) is 3.31. The van der Waals surface area contributed by atoms with E-state index in [1.807, 2.05) is 13.8 Å². The zero-order valence-electron chi connectivity index (χ0n) is 13.4. The summed E-state index contributed by atoms with van der Waals surface area (Å²) in [7, 11) is 0. The van der Waals surface area contributed by atoms with Gasteiger partial charge in [-0.2, -0.15) is 0 Å². The summed E-state index contributed by atoms with van der Waals surface area (Å²) in [6, 6.07) is 7.34. The van der Waals surface area contributed by atoms with E-state index in [-0.39, 0.29) is 6.10 Å². The van der Waals surface area contributed by atoms with Crippen LogP contribution in [0.5, 0.6) is 0 Å². The molecule has 0 radical (unpaired) electrons. The molecular weight excluding hydrogens is 262 g/mol. The lowest BCUT2D eigenvalue weighted by Crippen LogP contribution is -2.32. The van der Waals surface area contributed by atoms with Gasteiger partial charge in [0.25, 0.3) is 0 Å². The highest BCUT2D eigenvalue weighted by atomic mass is 16.7. The summed E-state index contributed by atoms with van der Waals surface area (Å²) in [5, 5.41) is 3.58. The third-order valence-electron chi connectivity index (χ3n) is 4.59. The van der Waals surface area contributed by atoms with Crippen LogP contribution in [0.4, 0.5) is 0 Å². The van der Waals surface area contributed by atoms with Crippen molar-refractivity contribution in [1.82, 2.24) is 5.32 Å². The summed E-state index contributed by atoms with van der Waals surface area (Å²) in [5.41, 5.74) is 4.48. The highest BCUT2D eigenvalue weighted by Crippen LogP contribution is 2.25. The first kappa shape index (κ1) is 15.0. The highest BCUT2D eigenvalue weighted by molar-refractivity contribution is 5.35. The van der Waals surface area contributed by atoms with Gasteiger partial charge >= 0.3 is 0 Å². The van der Waals surface area contributed by atoms with Crippen LogP contribution >= 0.6 is 0 Å². The molecule has 0 saturated carbocycles. The lowest BCUT2D eigenvalue weighted by atomic mass is 9.89. The molecule has 21 heavy (non-hydrogen) atoms. The number of benzene rings is 1. The van der Waals surface area contributed by atoms with E-state index >= 15 is 0 Å². The van der Waals surface area contributed by atoms with Crippen molar-refractivity contribution in [2.75, 3.05) is 13.2 Å². The van der Waals surface area contributed by atoms with E-state index in [4.69, 9.17) is 9.47 Å². The molecule has 1 N–H and O–H groups in total. The van der Waals surface area contributed by atoms with Crippen LogP contribution in [0.1, 0.15) is 56.3 Å². The molecule has 0 aromatic heterocycles. The average Bonchev–Trinajstić information content (AvgIpc) is 2.83. The maximum atomic E-state index is 5.84. The Morgan fingerprint density at radius 2 is 2.00 bits per heavy atom. The number of aryl methyl sites for hydroxylation is 2. The van der Waals surface area contributed by atoms with Crippen LogP contribution in [-0.4, -0.2) is 25.0 Å². The number of nitrogens with one attached hydrogen (secondary N) is 1. The van der Waals surface area contributed by atoms with Crippen LogP contribution in [0, 0.1) is 0 Å². The molecular formula is C18H27NO2. The number of ether oxygens (including phenoxy) is 2. The Morgan fingerprint density at radius 3 is 2.71 bits per heavy atom. The lowest BCUT2D eigenvalue weighted by molar-refractivity contribution is -0.137. The van der Waals surface area contributed by atoms with E-state index in [9.17, 15) is 0 Å². The first-order valence-corrected chi connectivity index (χ1v) is 8.20. The molecule has 3 rings (SSSR count). The molecule has 0 spiro atoms. The van der Waals surface area contributed by atoms with E-state index in [1.165, 1.54) is 31.2 Å². The molecule has 1 aromatic rings. The molecule has 3 nitrogen and oxygen atoms in total. The van der Waals surface area contributed by atoms with Crippen molar-refractivity contribution >= 4 is 0 Å². The molecule has 0 amide bonds. The molecule has 1 aliphatic carbocycles. The van der Waals surface area contributed by atoms with Crippen LogP contribution in [0.3, 0.4) is 0 Å². The third-order valence-corrected chi connectivity index (χ3v) is 4.59. The van der Waals surface area contributed by atoms with Crippen molar-refractivity contribution in [1.29, 1.82) is 0 Å². The Labute approximate surface area is 128 Å². The van der Waals surface area contributed by atoms with Gasteiger partial charge < -0.3 is 14.8 Å². The Balaban J connectivity index is 1.57. The van der Waals surface area contributed by atoms with E-state index in [0.29, 0.717) is 12.6 Å². The normalized spacial score (nSPS) is 25.6. The van der Waals surface area contributed by atoms with Crippen LogP contribution in [0.2, 0.25) is 0 Å². The summed E-state index contributed by atoms with van der Waals surface area (Å²) < 4.78 is 11.4.